The summed E-state index contributed by atoms with van der Waals surface area (Å²) in [4.78, 5) is 13.8. The van der Waals surface area contributed by atoms with Gasteiger partial charge in [-0.1, -0.05) is 30.3 Å². The molecule has 2 aromatic carbocycles. The predicted molar refractivity (Wildman–Crippen MR) is 70.4 cm³/mol. The molecule has 2 nitrogen and oxygen atoms in total. The Morgan fingerprint density at radius 3 is 2.50 bits per heavy atom. The van der Waals surface area contributed by atoms with Gasteiger partial charge >= 0.3 is 0 Å². The van der Waals surface area contributed by atoms with Crippen molar-refractivity contribution >= 4 is 11.5 Å². The van der Waals surface area contributed by atoms with Gasteiger partial charge in [0.2, 0.25) is 0 Å². The molecule has 0 aliphatic heterocycles. The van der Waals surface area contributed by atoms with E-state index in [1.165, 1.54) is 12.1 Å². The van der Waals surface area contributed by atoms with Gasteiger partial charge in [-0.25, -0.2) is 4.39 Å². The number of benzene rings is 2. The van der Waals surface area contributed by atoms with Crippen LogP contribution in [0.4, 0.5) is 10.1 Å². The van der Waals surface area contributed by atoms with E-state index in [1.54, 1.807) is 12.1 Å². The van der Waals surface area contributed by atoms with Gasteiger partial charge in [0.05, 0.1) is 6.54 Å². The molecule has 0 amide bonds. The van der Waals surface area contributed by atoms with E-state index >= 15 is 0 Å². The number of likely N-dealkylation sites (N-methyl/N-ethyl adjacent to an activating group) is 1. The standard InChI is InChI=1S/C15H14FNO/c1-17(14-8-3-2-4-9-14)11-15(18)12-6-5-7-13(16)10-12/h2-10H,11H2,1H3. The highest BCUT2D eigenvalue weighted by Crippen LogP contribution is 2.12. The number of para-hydroxylation sites is 1. The minimum absolute atomic E-state index is 0.0964. The van der Waals surface area contributed by atoms with Gasteiger partial charge in [0.1, 0.15) is 5.82 Å². The summed E-state index contributed by atoms with van der Waals surface area (Å²) in [6.07, 6.45) is 0. The molecule has 2 aromatic rings. The second-order valence-corrected chi connectivity index (χ2v) is 4.13. The fourth-order valence-electron chi connectivity index (χ4n) is 1.74. The summed E-state index contributed by atoms with van der Waals surface area (Å²) < 4.78 is 13.0. The second kappa shape index (κ2) is 5.45. The van der Waals surface area contributed by atoms with Crippen LogP contribution in [0.3, 0.4) is 0 Å². The lowest BCUT2D eigenvalue weighted by molar-refractivity contribution is 0.1000. The average Bonchev–Trinajstić information content (AvgIpc) is 2.39. The highest BCUT2D eigenvalue weighted by atomic mass is 19.1. The first-order valence-electron chi connectivity index (χ1n) is 5.72. The first kappa shape index (κ1) is 12.3. The molecule has 0 unspecified atom stereocenters. The molecule has 0 spiro atoms. The van der Waals surface area contributed by atoms with Crippen LogP contribution in [-0.2, 0) is 0 Å². The van der Waals surface area contributed by atoms with Crippen LogP contribution in [0.25, 0.3) is 0 Å². The van der Waals surface area contributed by atoms with E-state index in [9.17, 15) is 9.18 Å². The molecular weight excluding hydrogens is 229 g/mol. The number of carbonyl (C=O) groups excluding carboxylic acids is 1. The Balaban J connectivity index is 2.08. The zero-order valence-corrected chi connectivity index (χ0v) is 10.1. The van der Waals surface area contributed by atoms with Gasteiger partial charge in [-0.3, -0.25) is 4.79 Å². The zero-order chi connectivity index (χ0) is 13.0. The molecule has 0 heterocycles. The van der Waals surface area contributed by atoms with Gasteiger partial charge in [-0.15, -0.1) is 0 Å². The van der Waals surface area contributed by atoms with E-state index in [2.05, 4.69) is 0 Å². The fourth-order valence-corrected chi connectivity index (χ4v) is 1.74. The van der Waals surface area contributed by atoms with E-state index in [1.807, 2.05) is 42.3 Å². The van der Waals surface area contributed by atoms with Crippen molar-refractivity contribution in [1.29, 1.82) is 0 Å². The molecule has 92 valence electrons. The van der Waals surface area contributed by atoms with Gasteiger partial charge in [0.25, 0.3) is 0 Å². The molecule has 0 aliphatic carbocycles. The number of carbonyl (C=O) groups is 1. The minimum Gasteiger partial charge on any atom is -0.367 e. The molecule has 18 heavy (non-hydrogen) atoms. The van der Waals surface area contributed by atoms with E-state index in [0.717, 1.165) is 5.69 Å². The van der Waals surface area contributed by atoms with Crippen LogP contribution >= 0.6 is 0 Å². The number of rotatable bonds is 4. The largest absolute Gasteiger partial charge is 0.367 e. The molecule has 0 fully saturated rings. The highest BCUT2D eigenvalue weighted by molar-refractivity contribution is 5.99. The normalized spacial score (nSPS) is 10.1. The number of halogens is 1. The summed E-state index contributed by atoms with van der Waals surface area (Å²) in [5, 5.41) is 0. The number of hydrogen-bond acceptors (Lipinski definition) is 2. The van der Waals surface area contributed by atoms with Crippen LogP contribution in [0.15, 0.2) is 54.6 Å². The number of anilines is 1. The molecule has 3 heteroatoms. The summed E-state index contributed by atoms with van der Waals surface area (Å²) in [6, 6.07) is 15.4. The number of Topliss-reactive ketones (excluding diaryl/α,β-unsaturated/α-hetero) is 1. The Kier molecular flexibility index (Phi) is 3.72. The second-order valence-electron chi connectivity index (χ2n) is 4.13. The van der Waals surface area contributed by atoms with Crippen LogP contribution in [0.1, 0.15) is 10.4 Å². The molecule has 0 bridgehead atoms. The average molecular weight is 243 g/mol. The SMILES string of the molecule is CN(CC(=O)c1cccc(F)c1)c1ccccc1. The van der Waals surface area contributed by atoms with E-state index in [0.29, 0.717) is 5.56 Å². The van der Waals surface area contributed by atoms with Crippen LogP contribution in [0, 0.1) is 5.82 Å². The van der Waals surface area contributed by atoms with Gasteiger partial charge in [-0.05, 0) is 24.3 Å². The third-order valence-electron chi connectivity index (χ3n) is 2.72. The first-order chi connectivity index (χ1) is 8.66. The summed E-state index contributed by atoms with van der Waals surface area (Å²) in [6.45, 7) is 0.230. The smallest absolute Gasteiger partial charge is 0.182 e. The maximum Gasteiger partial charge on any atom is 0.182 e. The molecule has 0 saturated carbocycles. The summed E-state index contributed by atoms with van der Waals surface area (Å²) in [7, 11) is 1.84. The minimum atomic E-state index is -0.386. The van der Waals surface area contributed by atoms with Crippen molar-refractivity contribution in [3.05, 3.63) is 66.0 Å². The lowest BCUT2D eigenvalue weighted by atomic mass is 10.1. The maximum atomic E-state index is 13.0. The third-order valence-corrected chi connectivity index (χ3v) is 2.72. The van der Waals surface area contributed by atoms with Crippen molar-refractivity contribution < 1.29 is 9.18 Å². The molecule has 0 atom stereocenters. The number of nitrogens with zero attached hydrogens (tertiary/aromatic N) is 1. The summed E-state index contributed by atoms with van der Waals surface area (Å²) in [5.41, 5.74) is 1.36. The molecule has 0 aromatic heterocycles. The Bertz CT molecular complexity index is 539. The summed E-state index contributed by atoms with van der Waals surface area (Å²) >= 11 is 0. The lowest BCUT2D eigenvalue weighted by Gasteiger charge is -2.18. The maximum absolute atomic E-state index is 13.0. The monoisotopic (exact) mass is 243 g/mol. The third kappa shape index (κ3) is 2.94. The van der Waals surface area contributed by atoms with Crippen molar-refractivity contribution in [1.82, 2.24) is 0 Å². The van der Waals surface area contributed by atoms with E-state index < -0.39 is 0 Å². The first-order valence-corrected chi connectivity index (χ1v) is 5.72. The van der Waals surface area contributed by atoms with Crippen molar-refractivity contribution in [3.63, 3.8) is 0 Å². The lowest BCUT2D eigenvalue weighted by Crippen LogP contribution is -2.25. The Morgan fingerprint density at radius 2 is 1.83 bits per heavy atom. The van der Waals surface area contributed by atoms with E-state index in [-0.39, 0.29) is 18.1 Å². The van der Waals surface area contributed by atoms with E-state index in [4.69, 9.17) is 0 Å². The van der Waals surface area contributed by atoms with Gasteiger partial charge in [-0.2, -0.15) is 0 Å². The van der Waals surface area contributed by atoms with Gasteiger partial charge in [0, 0.05) is 18.3 Å². The number of hydrogen-bond donors (Lipinski definition) is 0. The quantitative estimate of drug-likeness (QED) is 0.769. The van der Waals surface area contributed by atoms with Gasteiger partial charge in [0.15, 0.2) is 5.78 Å². The van der Waals surface area contributed by atoms with Crippen LogP contribution in [0.2, 0.25) is 0 Å². The highest BCUT2D eigenvalue weighted by Gasteiger charge is 2.10. The zero-order valence-electron chi connectivity index (χ0n) is 10.1. The van der Waals surface area contributed by atoms with Crippen LogP contribution in [-0.4, -0.2) is 19.4 Å². The fraction of sp³-hybridized carbons (Fsp3) is 0.133. The van der Waals surface area contributed by atoms with Gasteiger partial charge < -0.3 is 4.90 Å². The van der Waals surface area contributed by atoms with Crippen LogP contribution < -0.4 is 4.90 Å². The van der Waals surface area contributed by atoms with Crippen molar-refractivity contribution in [2.24, 2.45) is 0 Å². The number of ketones is 1. The predicted octanol–water partition coefficient (Wildman–Crippen LogP) is 3.14. The molecule has 0 saturated heterocycles. The Morgan fingerprint density at radius 1 is 1.11 bits per heavy atom. The topological polar surface area (TPSA) is 20.3 Å². The summed E-state index contributed by atoms with van der Waals surface area (Å²) in [5.74, 6) is -0.482. The molecule has 0 N–H and O–H groups in total. The van der Waals surface area contributed by atoms with Crippen molar-refractivity contribution in [3.8, 4) is 0 Å². The van der Waals surface area contributed by atoms with Crippen molar-refractivity contribution in [2.75, 3.05) is 18.5 Å². The molecule has 2 rings (SSSR count). The Hall–Kier alpha value is -2.16. The van der Waals surface area contributed by atoms with Crippen molar-refractivity contribution in [2.45, 2.75) is 0 Å². The molecular formula is C15H14FNO. The Labute approximate surface area is 106 Å². The molecule has 0 radical (unpaired) electrons. The van der Waals surface area contributed by atoms with Crippen LogP contribution in [0.5, 0.6) is 0 Å². The molecule has 0 aliphatic rings.